The number of alkyl halides is 3. The van der Waals surface area contributed by atoms with Crippen molar-refractivity contribution in [3.05, 3.63) is 47.7 Å². The fourth-order valence-corrected chi connectivity index (χ4v) is 3.73. The first-order chi connectivity index (χ1) is 14.4. The Morgan fingerprint density at radius 3 is 2.87 bits per heavy atom. The van der Waals surface area contributed by atoms with Gasteiger partial charge < -0.3 is 19.8 Å². The van der Waals surface area contributed by atoms with Gasteiger partial charge in [-0.2, -0.15) is 13.2 Å². The molecule has 1 aliphatic heterocycles. The van der Waals surface area contributed by atoms with Crippen molar-refractivity contribution < 1.29 is 27.0 Å². The number of hydrogen-bond acceptors (Lipinski definition) is 5. The number of methoxy groups -OCH3 is 1. The number of halogens is 4. The minimum absolute atomic E-state index is 0.0100. The molecule has 10 heteroatoms. The smallest absolute Gasteiger partial charge is 0.431 e. The summed E-state index contributed by atoms with van der Waals surface area (Å²) in [5.41, 5.74) is -0.0855. The lowest BCUT2D eigenvalue weighted by Crippen LogP contribution is -2.31. The molecule has 0 amide bonds. The van der Waals surface area contributed by atoms with Gasteiger partial charge in [-0.15, -0.1) is 0 Å². The van der Waals surface area contributed by atoms with Crippen LogP contribution in [0, 0.1) is 11.7 Å². The van der Waals surface area contributed by atoms with E-state index in [1.54, 1.807) is 13.2 Å². The number of fused-ring (bicyclic) bond motifs is 2. The molecular weight excluding hydrogens is 404 g/mol. The number of aromatic nitrogens is 3. The summed E-state index contributed by atoms with van der Waals surface area (Å²) in [7, 11) is 1.62. The predicted octanol–water partition coefficient (Wildman–Crippen LogP) is 4.70. The first-order valence-corrected chi connectivity index (χ1v) is 9.45. The Kier molecular flexibility index (Phi) is 5.50. The SMILES string of the molecule is COCCCC1COc2cc(F)ccc2C1Nc1ncnc2[nH]c(C(F)(F)F)cc12. The molecule has 2 aromatic heterocycles. The molecule has 30 heavy (non-hydrogen) atoms. The van der Waals surface area contributed by atoms with E-state index in [2.05, 4.69) is 20.3 Å². The summed E-state index contributed by atoms with van der Waals surface area (Å²) in [5.74, 6) is 0.246. The Labute approximate surface area is 169 Å². The van der Waals surface area contributed by atoms with Crippen molar-refractivity contribution >= 4 is 16.9 Å². The van der Waals surface area contributed by atoms with Crippen molar-refractivity contribution in [1.29, 1.82) is 0 Å². The van der Waals surface area contributed by atoms with Crippen molar-refractivity contribution in [2.75, 3.05) is 25.6 Å². The zero-order valence-electron chi connectivity index (χ0n) is 16.1. The molecule has 2 unspecified atom stereocenters. The quantitative estimate of drug-likeness (QED) is 0.443. The van der Waals surface area contributed by atoms with Crippen LogP contribution in [0.2, 0.25) is 0 Å². The van der Waals surface area contributed by atoms with Crippen LogP contribution in [-0.4, -0.2) is 35.3 Å². The van der Waals surface area contributed by atoms with E-state index >= 15 is 0 Å². The molecule has 3 heterocycles. The Bertz CT molecular complexity index is 1040. The van der Waals surface area contributed by atoms with Gasteiger partial charge in [0.1, 0.15) is 35.1 Å². The first-order valence-electron chi connectivity index (χ1n) is 9.45. The van der Waals surface area contributed by atoms with Crippen LogP contribution in [-0.2, 0) is 10.9 Å². The maximum atomic E-state index is 13.7. The minimum atomic E-state index is -4.52. The highest BCUT2D eigenvalue weighted by molar-refractivity contribution is 5.88. The van der Waals surface area contributed by atoms with Crippen molar-refractivity contribution in [3.63, 3.8) is 0 Å². The van der Waals surface area contributed by atoms with Crippen molar-refractivity contribution in [2.45, 2.75) is 25.1 Å². The predicted molar refractivity (Wildman–Crippen MR) is 102 cm³/mol. The van der Waals surface area contributed by atoms with E-state index in [1.807, 2.05) is 0 Å². The third-order valence-corrected chi connectivity index (χ3v) is 5.18. The molecule has 0 spiro atoms. The summed E-state index contributed by atoms with van der Waals surface area (Å²) >= 11 is 0. The number of hydrogen-bond donors (Lipinski definition) is 2. The van der Waals surface area contributed by atoms with E-state index in [0.717, 1.165) is 24.5 Å². The van der Waals surface area contributed by atoms with Crippen LogP contribution in [0.4, 0.5) is 23.4 Å². The Morgan fingerprint density at radius 1 is 1.27 bits per heavy atom. The molecule has 160 valence electrons. The fourth-order valence-electron chi connectivity index (χ4n) is 3.73. The van der Waals surface area contributed by atoms with E-state index in [1.165, 1.54) is 18.5 Å². The summed E-state index contributed by atoms with van der Waals surface area (Å²) in [5, 5.41) is 3.49. The molecule has 6 nitrogen and oxygen atoms in total. The van der Waals surface area contributed by atoms with E-state index in [4.69, 9.17) is 9.47 Å². The molecule has 2 N–H and O–H groups in total. The molecular formula is C20H20F4N4O2. The molecule has 4 rings (SSSR count). The third kappa shape index (κ3) is 4.04. The van der Waals surface area contributed by atoms with Gasteiger partial charge in [0.05, 0.1) is 18.0 Å². The molecule has 0 aliphatic carbocycles. The van der Waals surface area contributed by atoms with Crippen molar-refractivity contribution in [3.8, 4) is 5.75 Å². The zero-order valence-corrected chi connectivity index (χ0v) is 16.1. The van der Waals surface area contributed by atoms with Crippen LogP contribution >= 0.6 is 0 Å². The Balaban J connectivity index is 1.70. The summed E-state index contributed by atoms with van der Waals surface area (Å²) in [6.07, 6.45) is -1.80. The maximum absolute atomic E-state index is 13.7. The number of ether oxygens (including phenoxy) is 2. The van der Waals surface area contributed by atoms with Gasteiger partial charge in [0.2, 0.25) is 0 Å². The van der Waals surface area contributed by atoms with Gasteiger partial charge in [-0.3, -0.25) is 0 Å². The monoisotopic (exact) mass is 424 g/mol. The molecule has 0 saturated heterocycles. The number of anilines is 1. The molecule has 3 aromatic rings. The second kappa shape index (κ2) is 8.10. The lowest BCUT2D eigenvalue weighted by atomic mass is 9.87. The number of H-pyrrole nitrogens is 1. The van der Waals surface area contributed by atoms with Crippen molar-refractivity contribution in [2.24, 2.45) is 5.92 Å². The fraction of sp³-hybridized carbons (Fsp3) is 0.400. The highest BCUT2D eigenvalue weighted by Crippen LogP contribution is 2.41. The molecule has 0 radical (unpaired) electrons. The summed E-state index contributed by atoms with van der Waals surface area (Å²) in [6, 6.07) is 4.93. The molecule has 0 saturated carbocycles. The summed E-state index contributed by atoms with van der Waals surface area (Å²) in [4.78, 5) is 10.4. The van der Waals surface area contributed by atoms with E-state index < -0.39 is 17.7 Å². The number of rotatable bonds is 6. The van der Waals surface area contributed by atoms with Crippen LogP contribution < -0.4 is 10.1 Å². The van der Waals surface area contributed by atoms with Crippen LogP contribution in [0.3, 0.4) is 0 Å². The van der Waals surface area contributed by atoms with E-state index in [-0.39, 0.29) is 28.8 Å². The van der Waals surface area contributed by atoms with E-state index in [0.29, 0.717) is 19.0 Å². The average Bonchev–Trinajstić information content (AvgIpc) is 3.15. The highest BCUT2D eigenvalue weighted by atomic mass is 19.4. The van der Waals surface area contributed by atoms with Crippen LogP contribution in [0.5, 0.6) is 5.75 Å². The summed E-state index contributed by atoms with van der Waals surface area (Å²) < 4.78 is 63.9. The third-order valence-electron chi connectivity index (χ3n) is 5.18. The van der Waals surface area contributed by atoms with Crippen LogP contribution in [0.1, 0.15) is 30.1 Å². The van der Waals surface area contributed by atoms with Crippen LogP contribution in [0.15, 0.2) is 30.6 Å². The average molecular weight is 424 g/mol. The van der Waals surface area contributed by atoms with Gasteiger partial charge in [0.25, 0.3) is 0 Å². The Hall–Kier alpha value is -2.88. The van der Waals surface area contributed by atoms with Gasteiger partial charge in [-0.05, 0) is 25.0 Å². The summed E-state index contributed by atoms with van der Waals surface area (Å²) in [6.45, 7) is 0.914. The van der Waals surface area contributed by atoms with Crippen molar-refractivity contribution in [1.82, 2.24) is 15.0 Å². The second-order valence-electron chi connectivity index (χ2n) is 7.18. The normalized spacial score (nSPS) is 18.8. The minimum Gasteiger partial charge on any atom is -0.493 e. The van der Waals surface area contributed by atoms with Gasteiger partial charge in [0, 0.05) is 31.3 Å². The standard InChI is InChI=1S/C20H20F4N4O2/c1-29-6-2-3-11-9-30-15-7-12(21)4-5-13(15)17(11)28-19-14-8-16(20(22,23)24)27-18(14)25-10-26-19/h4-5,7-8,10-11,17H,2-3,6,9H2,1H3,(H2,25,26,27,28). The van der Waals surface area contributed by atoms with Crippen LogP contribution in [0.25, 0.3) is 11.0 Å². The van der Waals surface area contributed by atoms with Gasteiger partial charge in [-0.25, -0.2) is 14.4 Å². The maximum Gasteiger partial charge on any atom is 0.431 e. The molecule has 0 bridgehead atoms. The van der Waals surface area contributed by atoms with Gasteiger partial charge in [-0.1, -0.05) is 6.07 Å². The highest BCUT2D eigenvalue weighted by Gasteiger charge is 2.35. The molecule has 2 atom stereocenters. The first kappa shape index (κ1) is 20.4. The number of benzene rings is 1. The number of aromatic amines is 1. The lowest BCUT2D eigenvalue weighted by molar-refractivity contribution is -0.140. The number of nitrogens with zero attached hydrogens (tertiary/aromatic N) is 2. The molecule has 1 aromatic carbocycles. The van der Waals surface area contributed by atoms with E-state index in [9.17, 15) is 17.6 Å². The zero-order chi connectivity index (χ0) is 21.3. The topological polar surface area (TPSA) is 72.1 Å². The largest absolute Gasteiger partial charge is 0.493 e. The van der Waals surface area contributed by atoms with Gasteiger partial charge >= 0.3 is 6.18 Å². The number of nitrogens with one attached hydrogen (secondary N) is 2. The molecule has 1 aliphatic rings. The Morgan fingerprint density at radius 2 is 2.10 bits per heavy atom. The lowest BCUT2D eigenvalue weighted by Gasteiger charge is -2.34. The second-order valence-corrected chi connectivity index (χ2v) is 7.18. The molecule has 0 fully saturated rings. The van der Waals surface area contributed by atoms with Gasteiger partial charge in [0.15, 0.2) is 0 Å².